The van der Waals surface area contributed by atoms with Gasteiger partial charge in [0.2, 0.25) is 0 Å². The van der Waals surface area contributed by atoms with Crippen molar-refractivity contribution in [2.45, 2.75) is 19.0 Å². The molecule has 0 aliphatic carbocycles. The number of nitriles is 1. The summed E-state index contributed by atoms with van der Waals surface area (Å²) in [4.78, 5) is 4.37. The number of halogens is 3. The summed E-state index contributed by atoms with van der Waals surface area (Å²) in [6, 6.07) is 12.3. The molecule has 1 aliphatic rings. The first-order valence-electron chi connectivity index (χ1n) is 8.07. The van der Waals surface area contributed by atoms with Gasteiger partial charge >= 0.3 is 0 Å². The third kappa shape index (κ3) is 3.90. The van der Waals surface area contributed by atoms with Crippen LogP contribution < -0.4 is 4.90 Å². The van der Waals surface area contributed by atoms with Crippen molar-refractivity contribution in [3.63, 3.8) is 0 Å². The van der Waals surface area contributed by atoms with E-state index in [1.807, 2.05) is 6.07 Å². The smallest absolute Gasteiger partial charge is 0.129 e. The van der Waals surface area contributed by atoms with E-state index in [1.54, 1.807) is 24.3 Å². The molecule has 0 saturated carbocycles. The van der Waals surface area contributed by atoms with Crippen molar-refractivity contribution in [3.8, 4) is 6.07 Å². The standard InChI is InChI=1S/C19H18Cl2FN3/c1-24-8-7-15(11-24)25(12-16-17(20)3-2-4-19(16)22)14-6-5-13(10-23)18(21)9-14/h2-6,9,15H,7-8,11-12H2,1H3/t15-/m0/s1. The van der Waals surface area contributed by atoms with Gasteiger partial charge in [0.25, 0.3) is 0 Å². The fourth-order valence-electron chi connectivity index (χ4n) is 3.22. The summed E-state index contributed by atoms with van der Waals surface area (Å²) in [7, 11) is 2.07. The summed E-state index contributed by atoms with van der Waals surface area (Å²) in [5.74, 6) is -0.316. The van der Waals surface area contributed by atoms with E-state index in [0.717, 1.165) is 25.2 Å². The normalized spacial score (nSPS) is 17.5. The van der Waals surface area contributed by atoms with Gasteiger partial charge in [-0.1, -0.05) is 29.3 Å². The van der Waals surface area contributed by atoms with Gasteiger partial charge < -0.3 is 9.80 Å². The quantitative estimate of drug-likeness (QED) is 0.772. The van der Waals surface area contributed by atoms with Crippen LogP contribution in [0.4, 0.5) is 10.1 Å². The van der Waals surface area contributed by atoms with Gasteiger partial charge in [0.1, 0.15) is 11.9 Å². The molecule has 1 saturated heterocycles. The van der Waals surface area contributed by atoms with E-state index in [1.165, 1.54) is 6.07 Å². The first-order valence-corrected chi connectivity index (χ1v) is 8.83. The van der Waals surface area contributed by atoms with Crippen LogP contribution in [0.3, 0.4) is 0 Å². The second kappa shape index (κ2) is 7.61. The van der Waals surface area contributed by atoms with Crippen LogP contribution in [0.5, 0.6) is 0 Å². The lowest BCUT2D eigenvalue weighted by Crippen LogP contribution is -2.37. The van der Waals surface area contributed by atoms with Crippen molar-refractivity contribution in [2.24, 2.45) is 0 Å². The van der Waals surface area contributed by atoms with E-state index in [9.17, 15) is 4.39 Å². The van der Waals surface area contributed by atoms with Crippen LogP contribution in [0.15, 0.2) is 36.4 Å². The molecule has 0 unspecified atom stereocenters. The van der Waals surface area contributed by atoms with Crippen molar-refractivity contribution < 1.29 is 4.39 Å². The Hall–Kier alpha value is -1.80. The number of benzene rings is 2. The van der Waals surface area contributed by atoms with Gasteiger partial charge in [-0.2, -0.15) is 5.26 Å². The third-order valence-corrected chi connectivity index (χ3v) is 5.27. The molecular weight excluding hydrogens is 360 g/mol. The van der Waals surface area contributed by atoms with Crippen LogP contribution >= 0.6 is 23.2 Å². The number of nitrogens with zero attached hydrogens (tertiary/aromatic N) is 3. The third-order valence-electron chi connectivity index (χ3n) is 4.60. The molecule has 1 fully saturated rings. The molecule has 25 heavy (non-hydrogen) atoms. The first kappa shape index (κ1) is 18.0. The van der Waals surface area contributed by atoms with Crippen molar-refractivity contribution in [1.29, 1.82) is 5.26 Å². The van der Waals surface area contributed by atoms with Gasteiger partial charge in [0.05, 0.1) is 10.6 Å². The Morgan fingerprint density at radius 2 is 2.08 bits per heavy atom. The van der Waals surface area contributed by atoms with Crippen molar-refractivity contribution in [2.75, 3.05) is 25.0 Å². The summed E-state index contributed by atoms with van der Waals surface area (Å²) in [5, 5.41) is 9.89. The van der Waals surface area contributed by atoms with Gasteiger partial charge in [-0.25, -0.2) is 4.39 Å². The van der Waals surface area contributed by atoms with Crippen LogP contribution in [0.1, 0.15) is 17.5 Å². The number of hydrogen-bond acceptors (Lipinski definition) is 3. The first-order chi connectivity index (χ1) is 12.0. The summed E-state index contributed by atoms with van der Waals surface area (Å²) >= 11 is 12.4. The predicted molar refractivity (Wildman–Crippen MR) is 99.7 cm³/mol. The number of rotatable bonds is 4. The molecule has 0 bridgehead atoms. The molecule has 1 atom stereocenters. The molecule has 3 rings (SSSR count). The molecule has 0 aromatic heterocycles. The average Bonchev–Trinajstić information content (AvgIpc) is 3.01. The Morgan fingerprint density at radius 3 is 2.68 bits per heavy atom. The molecule has 1 heterocycles. The zero-order valence-corrected chi connectivity index (χ0v) is 15.4. The minimum absolute atomic E-state index is 0.227. The molecule has 6 heteroatoms. The second-order valence-electron chi connectivity index (χ2n) is 6.31. The van der Waals surface area contributed by atoms with E-state index in [0.29, 0.717) is 27.7 Å². The Morgan fingerprint density at radius 1 is 1.28 bits per heavy atom. The lowest BCUT2D eigenvalue weighted by molar-refractivity contribution is 0.407. The van der Waals surface area contributed by atoms with E-state index >= 15 is 0 Å². The van der Waals surface area contributed by atoms with Gasteiger partial charge in [0.15, 0.2) is 0 Å². The molecule has 2 aromatic rings. The van der Waals surface area contributed by atoms with Crippen molar-refractivity contribution in [1.82, 2.24) is 4.90 Å². The number of anilines is 1. The largest absolute Gasteiger partial charge is 0.363 e. The molecule has 0 amide bonds. The van der Waals surface area contributed by atoms with Crippen LogP contribution in [-0.4, -0.2) is 31.1 Å². The fraction of sp³-hybridized carbons (Fsp3) is 0.316. The molecule has 3 nitrogen and oxygen atoms in total. The summed E-state index contributed by atoms with van der Waals surface area (Å²) in [5.41, 5.74) is 1.76. The number of likely N-dealkylation sites (N-methyl/N-ethyl adjacent to an activating group) is 1. The van der Waals surface area contributed by atoms with E-state index in [4.69, 9.17) is 28.5 Å². The molecule has 2 aromatic carbocycles. The minimum atomic E-state index is -0.316. The second-order valence-corrected chi connectivity index (χ2v) is 7.12. The monoisotopic (exact) mass is 377 g/mol. The zero-order valence-electron chi connectivity index (χ0n) is 13.8. The van der Waals surface area contributed by atoms with E-state index in [-0.39, 0.29) is 11.9 Å². The van der Waals surface area contributed by atoms with Crippen LogP contribution in [0, 0.1) is 17.1 Å². The zero-order chi connectivity index (χ0) is 18.0. The van der Waals surface area contributed by atoms with Crippen LogP contribution in [0.2, 0.25) is 10.0 Å². The van der Waals surface area contributed by atoms with E-state index in [2.05, 4.69) is 22.9 Å². The van der Waals surface area contributed by atoms with Crippen molar-refractivity contribution in [3.05, 3.63) is 63.4 Å². The summed E-state index contributed by atoms with van der Waals surface area (Å²) < 4.78 is 14.3. The summed E-state index contributed by atoms with van der Waals surface area (Å²) in [6.07, 6.45) is 0.972. The topological polar surface area (TPSA) is 30.3 Å². The van der Waals surface area contributed by atoms with Gasteiger partial charge in [-0.05, 0) is 50.3 Å². The maximum Gasteiger partial charge on any atom is 0.129 e. The predicted octanol–water partition coefficient (Wildman–Crippen LogP) is 4.71. The van der Waals surface area contributed by atoms with Gasteiger partial charge in [0, 0.05) is 35.4 Å². The molecule has 1 aliphatic heterocycles. The number of hydrogen-bond donors (Lipinski definition) is 0. The Balaban J connectivity index is 1.98. The highest BCUT2D eigenvalue weighted by molar-refractivity contribution is 6.32. The van der Waals surface area contributed by atoms with E-state index < -0.39 is 0 Å². The van der Waals surface area contributed by atoms with Gasteiger partial charge in [-0.3, -0.25) is 0 Å². The average molecular weight is 378 g/mol. The minimum Gasteiger partial charge on any atom is -0.363 e. The molecule has 0 spiro atoms. The SMILES string of the molecule is CN1CC[C@H](N(Cc2c(F)cccc2Cl)c2ccc(C#N)c(Cl)c2)C1. The Kier molecular flexibility index (Phi) is 5.48. The Bertz CT molecular complexity index is 799. The van der Waals surface area contributed by atoms with Gasteiger partial charge in [-0.15, -0.1) is 0 Å². The lowest BCUT2D eigenvalue weighted by Gasteiger charge is -2.32. The maximum atomic E-state index is 14.3. The van der Waals surface area contributed by atoms with Crippen molar-refractivity contribution >= 4 is 28.9 Å². The highest BCUT2D eigenvalue weighted by atomic mass is 35.5. The highest BCUT2D eigenvalue weighted by Gasteiger charge is 2.27. The summed E-state index contributed by atoms with van der Waals surface area (Å²) in [6.45, 7) is 2.21. The molecule has 0 radical (unpaired) electrons. The maximum absolute atomic E-state index is 14.3. The number of likely N-dealkylation sites (tertiary alicyclic amines) is 1. The molecular formula is C19H18Cl2FN3. The molecule has 130 valence electrons. The fourth-order valence-corrected chi connectivity index (χ4v) is 3.66. The van der Waals surface area contributed by atoms with Crippen LogP contribution in [0.25, 0.3) is 0 Å². The highest BCUT2D eigenvalue weighted by Crippen LogP contribution is 2.31. The molecule has 0 N–H and O–H groups in total. The Labute approximate surface area is 157 Å². The lowest BCUT2D eigenvalue weighted by atomic mass is 10.1. The van der Waals surface area contributed by atoms with Crippen LogP contribution in [-0.2, 0) is 6.54 Å².